The molecule has 0 saturated carbocycles. The maximum Gasteiger partial charge on any atom is 0.270 e. The predicted molar refractivity (Wildman–Crippen MR) is 106 cm³/mol. The van der Waals surface area contributed by atoms with Gasteiger partial charge in [0.05, 0.1) is 12.8 Å². The van der Waals surface area contributed by atoms with Crippen molar-refractivity contribution in [3.8, 4) is 5.75 Å². The van der Waals surface area contributed by atoms with Crippen LogP contribution >= 0.6 is 0 Å². The number of hydrogen-bond donors (Lipinski definition) is 2. The van der Waals surface area contributed by atoms with Crippen LogP contribution in [0.4, 0.5) is 11.6 Å². The number of nitrogens with one attached hydrogen (secondary N) is 2. The molecule has 1 aromatic heterocycles. The van der Waals surface area contributed by atoms with Crippen molar-refractivity contribution in [3.63, 3.8) is 0 Å². The summed E-state index contributed by atoms with van der Waals surface area (Å²) in [5.74, 6) is 0.795. The van der Waals surface area contributed by atoms with Crippen molar-refractivity contribution < 1.29 is 9.53 Å². The van der Waals surface area contributed by atoms with Crippen LogP contribution in [0.1, 0.15) is 21.6 Å². The molecule has 0 aliphatic heterocycles. The molecule has 0 fully saturated rings. The molecule has 0 aliphatic rings. The van der Waals surface area contributed by atoms with Crippen molar-refractivity contribution in [1.29, 1.82) is 0 Å². The standard InChI is InChI=1S/C21H22N4O2/c1-15-8-9-19(27-2)18(14-15)25-21-23-13-11-17(24-21)20(26)22-12-10-16-6-4-3-5-7-16/h3-9,11,13-14H,10,12H2,1-2H3,(H,22,26)(H,23,24,25). The highest BCUT2D eigenvalue weighted by Gasteiger charge is 2.10. The van der Waals surface area contributed by atoms with E-state index in [9.17, 15) is 4.79 Å². The van der Waals surface area contributed by atoms with Gasteiger partial charge in [-0.15, -0.1) is 0 Å². The van der Waals surface area contributed by atoms with Crippen LogP contribution in [0, 0.1) is 6.92 Å². The quantitative estimate of drug-likeness (QED) is 0.673. The van der Waals surface area contributed by atoms with Gasteiger partial charge < -0.3 is 15.4 Å². The lowest BCUT2D eigenvalue weighted by atomic mass is 10.1. The Balaban J connectivity index is 1.64. The summed E-state index contributed by atoms with van der Waals surface area (Å²) in [6, 6.07) is 17.4. The smallest absolute Gasteiger partial charge is 0.270 e. The minimum absolute atomic E-state index is 0.229. The molecule has 3 rings (SSSR count). The Hall–Kier alpha value is -3.41. The van der Waals surface area contributed by atoms with Crippen molar-refractivity contribution in [2.45, 2.75) is 13.3 Å². The van der Waals surface area contributed by atoms with Crippen LogP contribution in [0.15, 0.2) is 60.8 Å². The van der Waals surface area contributed by atoms with Gasteiger partial charge in [0, 0.05) is 12.7 Å². The van der Waals surface area contributed by atoms with E-state index >= 15 is 0 Å². The molecule has 0 saturated heterocycles. The van der Waals surface area contributed by atoms with Gasteiger partial charge in [0.2, 0.25) is 5.95 Å². The molecule has 138 valence electrons. The fourth-order valence-corrected chi connectivity index (χ4v) is 2.64. The van der Waals surface area contributed by atoms with E-state index in [4.69, 9.17) is 4.74 Å². The van der Waals surface area contributed by atoms with Crippen molar-refractivity contribution in [1.82, 2.24) is 15.3 Å². The molecule has 0 unspecified atom stereocenters. The van der Waals surface area contributed by atoms with E-state index in [0.29, 0.717) is 23.9 Å². The summed E-state index contributed by atoms with van der Waals surface area (Å²) in [7, 11) is 1.60. The largest absolute Gasteiger partial charge is 0.495 e. The second kappa shape index (κ2) is 8.80. The van der Waals surface area contributed by atoms with Crippen molar-refractivity contribution in [2.24, 2.45) is 0 Å². The molecule has 0 radical (unpaired) electrons. The number of hydrogen-bond acceptors (Lipinski definition) is 5. The lowest BCUT2D eigenvalue weighted by molar-refractivity contribution is 0.0949. The van der Waals surface area contributed by atoms with Crippen LogP contribution in [0.3, 0.4) is 0 Å². The number of methoxy groups -OCH3 is 1. The SMILES string of the molecule is COc1ccc(C)cc1Nc1nccc(C(=O)NCCc2ccccc2)n1. The minimum atomic E-state index is -0.229. The van der Waals surface area contributed by atoms with Gasteiger partial charge in [-0.3, -0.25) is 4.79 Å². The number of rotatable bonds is 7. The van der Waals surface area contributed by atoms with Crippen LogP contribution in [0.25, 0.3) is 0 Å². The third-order valence-corrected chi connectivity index (χ3v) is 4.03. The maximum absolute atomic E-state index is 12.4. The van der Waals surface area contributed by atoms with E-state index in [-0.39, 0.29) is 5.91 Å². The second-order valence-corrected chi connectivity index (χ2v) is 6.09. The number of aryl methyl sites for hydroxylation is 1. The molecule has 6 nitrogen and oxygen atoms in total. The van der Waals surface area contributed by atoms with Gasteiger partial charge in [-0.05, 0) is 42.7 Å². The number of aromatic nitrogens is 2. The lowest BCUT2D eigenvalue weighted by Gasteiger charge is -2.11. The van der Waals surface area contributed by atoms with Crippen molar-refractivity contribution in [3.05, 3.63) is 77.6 Å². The number of benzene rings is 2. The molecule has 1 heterocycles. The normalized spacial score (nSPS) is 10.3. The van der Waals surface area contributed by atoms with E-state index in [2.05, 4.69) is 20.6 Å². The summed E-state index contributed by atoms with van der Waals surface area (Å²) >= 11 is 0. The van der Waals surface area contributed by atoms with Gasteiger partial charge in [0.1, 0.15) is 11.4 Å². The molecule has 0 bridgehead atoms. The third kappa shape index (κ3) is 5.04. The van der Waals surface area contributed by atoms with E-state index < -0.39 is 0 Å². The second-order valence-electron chi connectivity index (χ2n) is 6.09. The Morgan fingerprint density at radius 1 is 1.11 bits per heavy atom. The highest BCUT2D eigenvalue weighted by Crippen LogP contribution is 2.27. The fraction of sp³-hybridized carbons (Fsp3) is 0.190. The van der Waals surface area contributed by atoms with Gasteiger partial charge in [0.25, 0.3) is 5.91 Å². The predicted octanol–water partition coefficient (Wildman–Crippen LogP) is 3.51. The Labute approximate surface area is 158 Å². The lowest BCUT2D eigenvalue weighted by Crippen LogP contribution is -2.26. The molecule has 1 amide bonds. The highest BCUT2D eigenvalue weighted by molar-refractivity contribution is 5.92. The average molecular weight is 362 g/mol. The summed E-state index contributed by atoms with van der Waals surface area (Å²) in [5.41, 5.74) is 3.31. The molecular weight excluding hydrogens is 340 g/mol. The summed E-state index contributed by atoms with van der Waals surface area (Å²) < 4.78 is 5.35. The first-order valence-electron chi connectivity index (χ1n) is 8.72. The number of ether oxygens (including phenoxy) is 1. The molecule has 0 atom stereocenters. The topological polar surface area (TPSA) is 76.1 Å². The zero-order valence-electron chi connectivity index (χ0n) is 15.4. The number of anilines is 2. The van der Waals surface area contributed by atoms with Crippen LogP contribution in [-0.4, -0.2) is 29.5 Å². The minimum Gasteiger partial charge on any atom is -0.495 e. The summed E-state index contributed by atoms with van der Waals surface area (Å²) in [4.78, 5) is 20.9. The Morgan fingerprint density at radius 2 is 1.93 bits per heavy atom. The van der Waals surface area contributed by atoms with Gasteiger partial charge in [-0.1, -0.05) is 36.4 Å². The van der Waals surface area contributed by atoms with Crippen molar-refractivity contribution >= 4 is 17.5 Å². The van der Waals surface area contributed by atoms with Gasteiger partial charge in [-0.2, -0.15) is 0 Å². The van der Waals surface area contributed by atoms with Gasteiger partial charge in [0.15, 0.2) is 0 Å². The molecule has 27 heavy (non-hydrogen) atoms. The van der Waals surface area contributed by atoms with E-state index in [0.717, 1.165) is 17.7 Å². The molecule has 0 spiro atoms. The Bertz CT molecular complexity index is 913. The fourth-order valence-electron chi connectivity index (χ4n) is 2.64. The molecule has 0 aliphatic carbocycles. The van der Waals surface area contributed by atoms with Crippen LogP contribution < -0.4 is 15.4 Å². The summed E-state index contributed by atoms with van der Waals surface area (Å²) in [6.07, 6.45) is 2.33. The first kappa shape index (κ1) is 18.4. The first-order chi connectivity index (χ1) is 13.2. The molecule has 2 aromatic carbocycles. The highest BCUT2D eigenvalue weighted by atomic mass is 16.5. The average Bonchev–Trinajstić information content (AvgIpc) is 2.69. The van der Waals surface area contributed by atoms with Gasteiger partial charge in [-0.25, -0.2) is 9.97 Å². The number of amides is 1. The Kier molecular flexibility index (Phi) is 5.99. The van der Waals surface area contributed by atoms with E-state index in [1.807, 2.05) is 55.5 Å². The number of nitrogens with zero attached hydrogens (tertiary/aromatic N) is 2. The molecule has 2 N–H and O–H groups in total. The monoisotopic (exact) mass is 362 g/mol. The zero-order valence-corrected chi connectivity index (χ0v) is 15.4. The summed E-state index contributed by atoms with van der Waals surface area (Å²) in [6.45, 7) is 2.53. The molecule has 3 aromatic rings. The zero-order chi connectivity index (χ0) is 19.1. The van der Waals surface area contributed by atoms with Crippen LogP contribution in [0.5, 0.6) is 5.75 Å². The number of carbonyl (C=O) groups excluding carboxylic acids is 1. The van der Waals surface area contributed by atoms with Crippen LogP contribution in [0.2, 0.25) is 0 Å². The maximum atomic E-state index is 12.4. The third-order valence-electron chi connectivity index (χ3n) is 4.03. The van der Waals surface area contributed by atoms with E-state index in [1.165, 1.54) is 5.56 Å². The molecule has 6 heteroatoms. The van der Waals surface area contributed by atoms with Crippen molar-refractivity contribution in [2.75, 3.05) is 19.0 Å². The molecular formula is C21H22N4O2. The van der Waals surface area contributed by atoms with Crippen LogP contribution in [-0.2, 0) is 6.42 Å². The van der Waals surface area contributed by atoms with E-state index in [1.54, 1.807) is 19.4 Å². The first-order valence-corrected chi connectivity index (χ1v) is 8.72. The van der Waals surface area contributed by atoms with Gasteiger partial charge >= 0.3 is 0 Å². The number of carbonyl (C=O) groups is 1. The summed E-state index contributed by atoms with van der Waals surface area (Å²) in [5, 5.41) is 6.00. The Morgan fingerprint density at radius 3 is 2.70 bits per heavy atom.